The molecule has 0 aliphatic heterocycles. The van der Waals surface area contributed by atoms with E-state index in [9.17, 15) is 9.59 Å². The molecule has 7 heteroatoms. The Hall–Kier alpha value is -2.67. The van der Waals surface area contributed by atoms with Gasteiger partial charge in [-0.2, -0.15) is 0 Å². The average Bonchev–Trinajstić information content (AvgIpc) is 3.06. The number of carbonyl (C=O) groups is 1. The predicted molar refractivity (Wildman–Crippen MR) is 102 cm³/mol. The Kier molecular flexibility index (Phi) is 4.82. The van der Waals surface area contributed by atoms with Gasteiger partial charge in [-0.15, -0.1) is 11.3 Å². The number of thiazole rings is 1. The number of aromatic nitrogens is 2. The molecule has 136 valence electrons. The van der Waals surface area contributed by atoms with Crippen LogP contribution in [0.1, 0.15) is 42.4 Å². The molecule has 6 nitrogen and oxygen atoms in total. The maximum atomic E-state index is 12.8. The summed E-state index contributed by atoms with van der Waals surface area (Å²) in [5.41, 5.74) is 1.24. The maximum Gasteiger partial charge on any atom is 0.271 e. The van der Waals surface area contributed by atoms with Crippen molar-refractivity contribution >= 4 is 22.2 Å². The van der Waals surface area contributed by atoms with Crippen LogP contribution >= 0.6 is 11.3 Å². The summed E-state index contributed by atoms with van der Waals surface area (Å²) in [5.74, 6) is 0.318. The molecule has 0 aliphatic carbocycles. The summed E-state index contributed by atoms with van der Waals surface area (Å²) in [6.45, 7) is 6.40. The largest absolute Gasteiger partial charge is 0.497 e. The topological polar surface area (TPSA) is 72.7 Å². The molecule has 0 aliphatic rings. The molecule has 0 saturated carbocycles. The first-order chi connectivity index (χ1) is 12.3. The van der Waals surface area contributed by atoms with Crippen LogP contribution in [0.3, 0.4) is 0 Å². The van der Waals surface area contributed by atoms with Crippen molar-refractivity contribution in [3.63, 3.8) is 0 Å². The number of carbonyl (C=O) groups excluding carboxylic acids is 1. The third-order valence-corrected chi connectivity index (χ3v) is 4.91. The number of methoxy groups -OCH3 is 1. The summed E-state index contributed by atoms with van der Waals surface area (Å²) in [5, 5.41) is 4.70. The molecule has 0 unspecified atom stereocenters. The van der Waals surface area contributed by atoms with Crippen molar-refractivity contribution in [1.82, 2.24) is 14.7 Å². The first kappa shape index (κ1) is 18.1. The Morgan fingerprint density at radius 2 is 1.96 bits per heavy atom. The van der Waals surface area contributed by atoms with E-state index in [1.807, 2.05) is 50.4 Å². The highest BCUT2D eigenvalue weighted by atomic mass is 32.1. The van der Waals surface area contributed by atoms with Crippen molar-refractivity contribution in [2.75, 3.05) is 7.11 Å². The second-order valence-corrected chi connectivity index (χ2v) is 7.83. The lowest BCUT2D eigenvalue weighted by Gasteiger charge is -2.17. The number of fused-ring (bicyclic) bond motifs is 1. The minimum Gasteiger partial charge on any atom is -0.497 e. The van der Waals surface area contributed by atoms with Gasteiger partial charge in [-0.25, -0.2) is 4.98 Å². The number of nitrogens with one attached hydrogen (secondary N) is 1. The van der Waals surface area contributed by atoms with Crippen LogP contribution in [0.25, 0.3) is 4.96 Å². The molecule has 2 aromatic heterocycles. The first-order valence-electron chi connectivity index (χ1n) is 8.22. The highest BCUT2D eigenvalue weighted by molar-refractivity contribution is 7.15. The number of ether oxygens (including phenoxy) is 1. The van der Waals surface area contributed by atoms with E-state index in [2.05, 4.69) is 10.3 Å². The van der Waals surface area contributed by atoms with Crippen molar-refractivity contribution in [2.45, 2.75) is 32.7 Å². The first-order valence-corrected chi connectivity index (χ1v) is 9.10. The van der Waals surface area contributed by atoms with Crippen LogP contribution in [0, 0.1) is 0 Å². The summed E-state index contributed by atoms with van der Waals surface area (Å²) >= 11 is 1.40. The monoisotopic (exact) mass is 371 g/mol. The third-order valence-electron chi connectivity index (χ3n) is 4.07. The quantitative estimate of drug-likeness (QED) is 0.765. The molecule has 0 bridgehead atoms. The normalized spacial score (nSPS) is 11.5. The summed E-state index contributed by atoms with van der Waals surface area (Å²) in [6, 6.07) is 7.38. The minimum absolute atomic E-state index is 0.0416. The highest BCUT2D eigenvalue weighted by Gasteiger charge is 2.22. The van der Waals surface area contributed by atoms with Gasteiger partial charge in [0.15, 0.2) is 4.96 Å². The van der Waals surface area contributed by atoms with Crippen LogP contribution in [0.2, 0.25) is 0 Å². The summed E-state index contributed by atoms with van der Waals surface area (Å²) in [7, 11) is 1.60. The molecule has 1 aromatic carbocycles. The van der Waals surface area contributed by atoms with Gasteiger partial charge in [0.2, 0.25) is 0 Å². The number of hydrogen-bond donors (Lipinski definition) is 1. The fraction of sp³-hybridized carbons (Fsp3) is 0.316. The van der Waals surface area contributed by atoms with Gasteiger partial charge in [-0.1, -0.05) is 32.9 Å². The van der Waals surface area contributed by atoms with Gasteiger partial charge in [0.1, 0.15) is 11.3 Å². The van der Waals surface area contributed by atoms with Gasteiger partial charge < -0.3 is 10.1 Å². The molecule has 26 heavy (non-hydrogen) atoms. The van der Waals surface area contributed by atoms with Gasteiger partial charge in [-0.05, 0) is 17.7 Å². The van der Waals surface area contributed by atoms with E-state index in [4.69, 9.17) is 4.74 Å². The number of amides is 1. The van der Waals surface area contributed by atoms with Crippen molar-refractivity contribution < 1.29 is 9.53 Å². The van der Waals surface area contributed by atoms with Crippen LogP contribution in [-0.4, -0.2) is 22.4 Å². The highest BCUT2D eigenvalue weighted by Crippen LogP contribution is 2.25. The molecule has 0 radical (unpaired) electrons. The molecule has 1 N–H and O–H groups in total. The zero-order chi connectivity index (χ0) is 18.9. The van der Waals surface area contributed by atoms with Crippen molar-refractivity contribution in [3.8, 4) is 5.75 Å². The Labute approximate surface area is 155 Å². The molecule has 0 atom stereocenters. The molecule has 1 amide bonds. The van der Waals surface area contributed by atoms with Gasteiger partial charge in [0, 0.05) is 29.2 Å². The molecular formula is C19H21N3O3S. The molecule has 0 saturated heterocycles. The smallest absolute Gasteiger partial charge is 0.271 e. The zero-order valence-corrected chi connectivity index (χ0v) is 16.0. The summed E-state index contributed by atoms with van der Waals surface area (Å²) < 4.78 is 6.65. The fourth-order valence-electron chi connectivity index (χ4n) is 2.59. The van der Waals surface area contributed by atoms with Crippen LogP contribution in [0.5, 0.6) is 5.75 Å². The van der Waals surface area contributed by atoms with Gasteiger partial charge in [0.05, 0.1) is 7.11 Å². The number of benzene rings is 1. The van der Waals surface area contributed by atoms with Gasteiger partial charge in [0.25, 0.3) is 11.5 Å². The van der Waals surface area contributed by atoms with E-state index in [1.54, 1.807) is 7.11 Å². The van der Waals surface area contributed by atoms with E-state index in [-0.39, 0.29) is 16.5 Å². The van der Waals surface area contributed by atoms with E-state index < -0.39 is 5.91 Å². The lowest BCUT2D eigenvalue weighted by Crippen LogP contribution is -2.32. The van der Waals surface area contributed by atoms with E-state index >= 15 is 0 Å². The van der Waals surface area contributed by atoms with Crippen molar-refractivity contribution in [1.29, 1.82) is 0 Å². The lowest BCUT2D eigenvalue weighted by atomic mass is 9.93. The Balaban J connectivity index is 1.86. The summed E-state index contributed by atoms with van der Waals surface area (Å²) in [4.78, 5) is 30.2. The third kappa shape index (κ3) is 3.48. The predicted octanol–water partition coefficient (Wildman–Crippen LogP) is 2.99. The average molecular weight is 371 g/mol. The van der Waals surface area contributed by atoms with Crippen LogP contribution in [-0.2, 0) is 12.0 Å². The Bertz CT molecular complexity index is 998. The standard InChI is InChI=1S/C19H21N3O3S/c1-19(2,3)15-11-26-18-21-10-14(17(24)22(15)18)16(23)20-9-12-5-7-13(25-4)8-6-12/h5-8,10-11H,9H2,1-4H3,(H,20,23). The summed E-state index contributed by atoms with van der Waals surface area (Å²) in [6.07, 6.45) is 1.35. The Morgan fingerprint density at radius 3 is 2.58 bits per heavy atom. The second kappa shape index (κ2) is 6.92. The van der Waals surface area contributed by atoms with E-state index in [0.29, 0.717) is 11.5 Å². The van der Waals surface area contributed by atoms with Crippen molar-refractivity contribution in [2.24, 2.45) is 0 Å². The SMILES string of the molecule is COc1ccc(CNC(=O)c2cnc3scc(C(C)(C)C)n3c2=O)cc1. The number of rotatable bonds is 4. The Morgan fingerprint density at radius 1 is 1.27 bits per heavy atom. The van der Waals surface area contributed by atoms with Crippen LogP contribution in [0.15, 0.2) is 40.6 Å². The molecule has 3 rings (SSSR count). The zero-order valence-electron chi connectivity index (χ0n) is 15.2. The molecular weight excluding hydrogens is 350 g/mol. The molecule has 2 heterocycles. The van der Waals surface area contributed by atoms with Crippen LogP contribution in [0.4, 0.5) is 0 Å². The van der Waals surface area contributed by atoms with Crippen molar-refractivity contribution in [3.05, 3.63) is 63.0 Å². The lowest BCUT2D eigenvalue weighted by molar-refractivity contribution is 0.0949. The van der Waals surface area contributed by atoms with Gasteiger partial charge in [-0.3, -0.25) is 14.0 Å². The second-order valence-electron chi connectivity index (χ2n) is 7.00. The number of hydrogen-bond acceptors (Lipinski definition) is 5. The minimum atomic E-state index is -0.432. The number of nitrogens with zero attached hydrogens (tertiary/aromatic N) is 2. The fourth-order valence-corrected chi connectivity index (χ4v) is 3.66. The van der Waals surface area contributed by atoms with Gasteiger partial charge >= 0.3 is 0 Å². The molecule has 0 spiro atoms. The van der Waals surface area contributed by atoms with E-state index in [1.165, 1.54) is 21.9 Å². The van der Waals surface area contributed by atoms with E-state index in [0.717, 1.165) is 17.0 Å². The molecule has 0 fully saturated rings. The van der Waals surface area contributed by atoms with Crippen LogP contribution < -0.4 is 15.6 Å². The maximum absolute atomic E-state index is 12.8. The molecule has 3 aromatic rings.